The fourth-order valence-electron chi connectivity index (χ4n) is 2.92. The number of rotatable bonds is 8. The highest BCUT2D eigenvalue weighted by Crippen LogP contribution is 2.23. The lowest BCUT2D eigenvalue weighted by atomic mass is 9.93. The van der Waals surface area contributed by atoms with E-state index in [1.165, 1.54) is 4.68 Å². The molecule has 2 atom stereocenters. The highest BCUT2D eigenvalue weighted by molar-refractivity contribution is 5.43. The van der Waals surface area contributed by atoms with Crippen molar-refractivity contribution in [2.24, 2.45) is 20.0 Å². The van der Waals surface area contributed by atoms with E-state index in [1.54, 1.807) is 17.8 Å². The molecule has 1 N–H and O–H groups in total. The highest BCUT2D eigenvalue weighted by atomic mass is 16.5. The van der Waals surface area contributed by atoms with Crippen LogP contribution in [-0.2, 0) is 20.6 Å². The Morgan fingerprint density at radius 1 is 1.17 bits per heavy atom. The summed E-state index contributed by atoms with van der Waals surface area (Å²) in [7, 11) is 3.47. The molecule has 0 spiro atoms. The normalized spacial score (nSPS) is 13.1. The third-order valence-corrected chi connectivity index (χ3v) is 5.02. The van der Waals surface area contributed by atoms with Crippen molar-refractivity contribution in [1.29, 1.82) is 0 Å². The molecular weight excluding hydrogens is 368 g/mol. The van der Waals surface area contributed by atoms with Gasteiger partial charge in [0, 0.05) is 44.2 Å². The summed E-state index contributed by atoms with van der Waals surface area (Å²) in [6, 6.07) is 7.67. The van der Waals surface area contributed by atoms with Gasteiger partial charge in [0.15, 0.2) is 0 Å². The van der Waals surface area contributed by atoms with E-state index in [0.717, 1.165) is 17.0 Å². The maximum absolute atomic E-state index is 12.4. The Kier molecular flexibility index (Phi) is 6.31. The van der Waals surface area contributed by atoms with Crippen LogP contribution < -0.4 is 15.6 Å². The van der Waals surface area contributed by atoms with E-state index in [0.29, 0.717) is 24.7 Å². The monoisotopic (exact) mass is 396 g/mol. The molecule has 154 valence electrons. The molecule has 0 aliphatic rings. The first-order chi connectivity index (χ1) is 13.8. The van der Waals surface area contributed by atoms with Gasteiger partial charge in [-0.05, 0) is 30.5 Å². The second kappa shape index (κ2) is 8.89. The van der Waals surface area contributed by atoms with Crippen molar-refractivity contribution in [2.75, 3.05) is 11.9 Å². The molecule has 1 unspecified atom stereocenters. The number of nitrogens with one attached hydrogen (secondary N) is 1. The van der Waals surface area contributed by atoms with Crippen molar-refractivity contribution >= 4 is 5.69 Å². The summed E-state index contributed by atoms with van der Waals surface area (Å²) in [5.41, 5.74) is 3.26. The van der Waals surface area contributed by atoms with E-state index in [9.17, 15) is 4.79 Å². The Morgan fingerprint density at radius 2 is 1.97 bits per heavy atom. The Hall–Kier alpha value is -3.16. The van der Waals surface area contributed by atoms with E-state index >= 15 is 0 Å². The number of aromatic nitrogens is 5. The second-order valence-electron chi connectivity index (χ2n) is 7.50. The van der Waals surface area contributed by atoms with Gasteiger partial charge in [-0.25, -0.2) is 4.68 Å². The van der Waals surface area contributed by atoms with E-state index in [2.05, 4.69) is 46.5 Å². The minimum Gasteiger partial charge on any atom is -0.476 e. The van der Waals surface area contributed by atoms with Crippen LogP contribution in [0.5, 0.6) is 5.88 Å². The Balaban J connectivity index is 1.64. The van der Waals surface area contributed by atoms with Crippen LogP contribution in [0.1, 0.15) is 36.7 Å². The van der Waals surface area contributed by atoms with Gasteiger partial charge < -0.3 is 10.1 Å². The smallest absolute Gasteiger partial charge is 0.290 e. The van der Waals surface area contributed by atoms with E-state index < -0.39 is 0 Å². The van der Waals surface area contributed by atoms with Crippen LogP contribution in [0, 0.1) is 12.8 Å². The molecule has 3 aromatic rings. The summed E-state index contributed by atoms with van der Waals surface area (Å²) in [6.07, 6.45) is 3.75. The summed E-state index contributed by atoms with van der Waals surface area (Å²) in [5.74, 6) is 0.880. The number of aryl methyl sites for hydroxylation is 3. The lowest BCUT2D eigenvalue weighted by Crippen LogP contribution is -2.25. The van der Waals surface area contributed by atoms with E-state index in [1.807, 2.05) is 32.4 Å². The molecule has 3 heterocycles. The molecule has 8 heteroatoms. The quantitative estimate of drug-likeness (QED) is 0.630. The minimum atomic E-state index is -0.210. The van der Waals surface area contributed by atoms with Crippen LogP contribution in [0.3, 0.4) is 0 Å². The van der Waals surface area contributed by atoms with Gasteiger partial charge >= 0.3 is 0 Å². The first kappa shape index (κ1) is 20.6. The molecule has 8 nitrogen and oxygen atoms in total. The predicted octanol–water partition coefficient (Wildman–Crippen LogP) is 2.65. The molecule has 0 saturated carbocycles. The Bertz CT molecular complexity index is 1010. The second-order valence-corrected chi connectivity index (χ2v) is 7.50. The van der Waals surface area contributed by atoms with Gasteiger partial charge in [-0.1, -0.05) is 19.9 Å². The maximum atomic E-state index is 12.4. The highest BCUT2D eigenvalue weighted by Gasteiger charge is 2.17. The molecule has 0 aromatic carbocycles. The molecular formula is C21H28N6O2. The van der Waals surface area contributed by atoms with Gasteiger partial charge in [-0.15, -0.1) is 5.10 Å². The van der Waals surface area contributed by atoms with Crippen molar-refractivity contribution < 1.29 is 4.74 Å². The van der Waals surface area contributed by atoms with E-state index in [4.69, 9.17) is 4.74 Å². The number of ether oxygens (including phenoxy) is 1. The largest absolute Gasteiger partial charge is 0.476 e. The third kappa shape index (κ3) is 5.22. The lowest BCUT2D eigenvalue weighted by Gasteiger charge is -2.20. The Morgan fingerprint density at radius 3 is 2.62 bits per heavy atom. The summed E-state index contributed by atoms with van der Waals surface area (Å²) < 4.78 is 8.92. The number of pyridine rings is 1. The van der Waals surface area contributed by atoms with Gasteiger partial charge in [0.1, 0.15) is 5.69 Å². The van der Waals surface area contributed by atoms with Crippen LogP contribution in [-0.4, -0.2) is 31.2 Å². The van der Waals surface area contributed by atoms with Crippen LogP contribution in [0.15, 0.2) is 41.5 Å². The zero-order chi connectivity index (χ0) is 21.0. The maximum Gasteiger partial charge on any atom is 0.290 e. The number of hydrogen-bond donors (Lipinski definition) is 1. The molecule has 0 bridgehead atoms. The van der Waals surface area contributed by atoms with Crippen molar-refractivity contribution in [2.45, 2.75) is 33.2 Å². The number of anilines is 1. The number of hydrogen-bond acceptors (Lipinski definition) is 6. The van der Waals surface area contributed by atoms with Crippen molar-refractivity contribution in [1.82, 2.24) is 24.5 Å². The zero-order valence-electron chi connectivity index (χ0n) is 17.6. The molecule has 29 heavy (non-hydrogen) atoms. The van der Waals surface area contributed by atoms with Gasteiger partial charge in [0.25, 0.3) is 5.56 Å². The molecule has 3 aromatic heterocycles. The van der Waals surface area contributed by atoms with Crippen LogP contribution in [0.4, 0.5) is 5.69 Å². The SMILES string of the molecule is Cc1ccc([C@@H](C)C(C)COc2cc(NCc3ccn(C)n3)c(=O)n(C)n2)nc1. The van der Waals surface area contributed by atoms with Crippen molar-refractivity contribution in [3.8, 4) is 5.88 Å². The summed E-state index contributed by atoms with van der Waals surface area (Å²) >= 11 is 0. The minimum absolute atomic E-state index is 0.210. The summed E-state index contributed by atoms with van der Waals surface area (Å²) in [5, 5.41) is 11.6. The fourth-order valence-corrected chi connectivity index (χ4v) is 2.92. The lowest BCUT2D eigenvalue weighted by molar-refractivity contribution is 0.228. The zero-order valence-corrected chi connectivity index (χ0v) is 17.6. The van der Waals surface area contributed by atoms with E-state index in [-0.39, 0.29) is 17.4 Å². The van der Waals surface area contributed by atoms with Crippen molar-refractivity contribution in [3.63, 3.8) is 0 Å². The third-order valence-electron chi connectivity index (χ3n) is 5.02. The summed E-state index contributed by atoms with van der Waals surface area (Å²) in [4.78, 5) is 16.9. The topological polar surface area (TPSA) is 86.9 Å². The average Bonchev–Trinajstić information content (AvgIpc) is 3.12. The fraction of sp³-hybridized carbons (Fsp3) is 0.429. The molecule has 0 aliphatic heterocycles. The average molecular weight is 396 g/mol. The molecule has 0 radical (unpaired) electrons. The van der Waals surface area contributed by atoms with Crippen LogP contribution >= 0.6 is 0 Å². The molecule has 0 aliphatic carbocycles. The molecule has 0 fully saturated rings. The first-order valence-corrected chi connectivity index (χ1v) is 9.69. The predicted molar refractivity (Wildman–Crippen MR) is 112 cm³/mol. The Labute approximate surface area is 170 Å². The molecule has 0 saturated heterocycles. The standard InChI is InChI=1S/C21H28N6O2/c1-14-6-7-18(22-11-14)16(3)15(2)13-29-20-10-19(21(28)27(5)25-20)23-12-17-8-9-26(4)24-17/h6-11,15-16,23H,12-13H2,1-5H3/t15?,16-/m0/s1. The van der Waals surface area contributed by atoms with Crippen LogP contribution in [0.25, 0.3) is 0 Å². The summed E-state index contributed by atoms with van der Waals surface area (Å²) in [6.45, 7) is 7.21. The van der Waals surface area contributed by atoms with Gasteiger partial charge in [-0.3, -0.25) is 14.5 Å². The molecule has 0 amide bonds. The van der Waals surface area contributed by atoms with Crippen LogP contribution in [0.2, 0.25) is 0 Å². The van der Waals surface area contributed by atoms with Crippen molar-refractivity contribution in [3.05, 3.63) is 64.0 Å². The number of nitrogens with zero attached hydrogens (tertiary/aromatic N) is 5. The van der Waals surface area contributed by atoms with Gasteiger partial charge in [0.05, 0.1) is 18.8 Å². The first-order valence-electron chi connectivity index (χ1n) is 9.69. The molecule has 3 rings (SSSR count). The van der Waals surface area contributed by atoms with Gasteiger partial charge in [-0.2, -0.15) is 5.10 Å². The van der Waals surface area contributed by atoms with Gasteiger partial charge in [0.2, 0.25) is 5.88 Å².